The fourth-order valence-corrected chi connectivity index (χ4v) is 8.15. The van der Waals surface area contributed by atoms with Gasteiger partial charge in [-0.2, -0.15) is 0 Å². The predicted octanol–water partition coefficient (Wildman–Crippen LogP) is 7.97. The number of hydrogen-bond donors (Lipinski definition) is 0. The summed E-state index contributed by atoms with van der Waals surface area (Å²) in [5.74, 6) is 0. The van der Waals surface area contributed by atoms with Crippen LogP contribution in [0.3, 0.4) is 0 Å². The number of halogens is 7. The first-order valence-electron chi connectivity index (χ1n) is 6.66. The number of benzene rings is 2. The molecule has 0 saturated carbocycles. The highest BCUT2D eigenvalue weighted by atomic mass is 79.9. The molecule has 1 fully saturated rings. The van der Waals surface area contributed by atoms with Crippen molar-refractivity contribution in [3.63, 3.8) is 0 Å². The van der Waals surface area contributed by atoms with E-state index in [9.17, 15) is 0 Å². The van der Waals surface area contributed by atoms with Crippen LogP contribution in [0.2, 0.25) is 0 Å². The number of nitrogens with zero attached hydrogens (tertiary/aromatic N) is 2. The van der Waals surface area contributed by atoms with Crippen LogP contribution in [0.15, 0.2) is 51.1 Å². The molecule has 0 aliphatic carbocycles. The van der Waals surface area contributed by atoms with Gasteiger partial charge in [0.15, 0.2) is 0 Å². The lowest BCUT2D eigenvalue weighted by atomic mass is 10.3. The van der Waals surface area contributed by atoms with Crippen molar-refractivity contribution in [2.24, 2.45) is 0 Å². The van der Waals surface area contributed by atoms with Crippen LogP contribution in [0.4, 0.5) is 11.4 Å². The van der Waals surface area contributed by atoms with Crippen LogP contribution in [0.1, 0.15) is 0 Å². The maximum atomic E-state index is 3.68. The smallest absolute Gasteiger partial charge is 0.0905 e. The molecule has 2 aromatic rings. The first-order valence-corrected chi connectivity index (χ1v) is 11.4. The fraction of sp³-hybridized carbons (Fsp3) is 0.200. The summed E-state index contributed by atoms with van der Waals surface area (Å²) in [6.07, 6.45) is 0. The van der Waals surface area contributed by atoms with Crippen molar-refractivity contribution >= 4 is 119 Å². The molecular formula is C15H11Br6ClN2. The Morgan fingerprint density at radius 3 is 1.17 bits per heavy atom. The van der Waals surface area contributed by atoms with Crippen molar-refractivity contribution in [1.82, 2.24) is 0 Å². The maximum Gasteiger partial charge on any atom is 0.0905 e. The Bertz CT molecular complexity index is 660. The lowest BCUT2D eigenvalue weighted by molar-refractivity contribution is 0.939. The average molecular weight is 734 g/mol. The summed E-state index contributed by atoms with van der Waals surface area (Å²) in [5.41, 5.74) is 2.36. The summed E-state index contributed by atoms with van der Waals surface area (Å²) >= 11 is 21.8. The van der Waals surface area contributed by atoms with Gasteiger partial charge in [-0.15, -0.1) is 12.4 Å². The minimum Gasteiger partial charge on any atom is -0.350 e. The fourth-order valence-electron chi connectivity index (χ4n) is 2.63. The number of hydrogen-bond acceptors (Lipinski definition) is 2. The normalized spacial score (nSPS) is 14.1. The Morgan fingerprint density at radius 2 is 0.875 bits per heavy atom. The van der Waals surface area contributed by atoms with Gasteiger partial charge in [-0.05, 0) is 88.0 Å². The highest BCUT2D eigenvalue weighted by Crippen LogP contribution is 2.41. The van der Waals surface area contributed by atoms with Crippen LogP contribution < -0.4 is 9.80 Å². The summed E-state index contributed by atoms with van der Waals surface area (Å²) in [4.78, 5) is 4.73. The molecule has 0 N–H and O–H groups in total. The van der Waals surface area contributed by atoms with E-state index in [1.807, 2.05) is 0 Å². The average Bonchev–Trinajstić information content (AvgIpc) is 2.85. The van der Waals surface area contributed by atoms with Crippen LogP contribution in [0.5, 0.6) is 0 Å². The van der Waals surface area contributed by atoms with Gasteiger partial charge in [0, 0.05) is 39.9 Å². The van der Waals surface area contributed by atoms with Crippen LogP contribution >= 0.6 is 108 Å². The maximum absolute atomic E-state index is 3.68. The minimum atomic E-state index is 0. The molecule has 0 spiro atoms. The van der Waals surface area contributed by atoms with E-state index in [0.29, 0.717) is 0 Å². The van der Waals surface area contributed by atoms with Gasteiger partial charge >= 0.3 is 0 Å². The topological polar surface area (TPSA) is 6.48 Å². The SMILES string of the molecule is Brc1cc(Br)c(N2CCN(c3c(Br)cc(Br)cc3Br)C2)c(Br)c1.Cl. The summed E-state index contributed by atoms with van der Waals surface area (Å²) in [6.45, 7) is 2.76. The van der Waals surface area contributed by atoms with Crippen molar-refractivity contribution in [1.29, 1.82) is 0 Å². The van der Waals surface area contributed by atoms with Crippen molar-refractivity contribution in [3.8, 4) is 0 Å². The molecule has 1 aliphatic rings. The monoisotopic (exact) mass is 728 g/mol. The van der Waals surface area contributed by atoms with Crippen molar-refractivity contribution < 1.29 is 0 Å². The van der Waals surface area contributed by atoms with E-state index in [2.05, 4.69) is 130 Å². The van der Waals surface area contributed by atoms with E-state index in [-0.39, 0.29) is 12.4 Å². The second-order valence-corrected chi connectivity index (χ2v) is 10.4. The standard InChI is InChI=1S/C15H10Br6N2.ClH/c16-8-3-10(18)14(11(19)4-8)22-1-2-23(7-22)15-12(20)5-9(17)6-13(15)21;/h3-6H,1-2,7H2;1H. The van der Waals surface area contributed by atoms with Gasteiger partial charge in [-0.3, -0.25) is 0 Å². The molecule has 2 nitrogen and oxygen atoms in total. The van der Waals surface area contributed by atoms with E-state index < -0.39 is 0 Å². The second-order valence-electron chi connectivity index (χ2n) is 5.10. The first kappa shape index (κ1) is 21.5. The van der Waals surface area contributed by atoms with Gasteiger partial charge in [-0.25, -0.2) is 0 Å². The zero-order valence-electron chi connectivity index (χ0n) is 12.0. The zero-order valence-corrected chi connectivity index (χ0v) is 22.3. The quantitative estimate of drug-likeness (QED) is 0.309. The van der Waals surface area contributed by atoms with Gasteiger partial charge in [-0.1, -0.05) is 31.9 Å². The van der Waals surface area contributed by atoms with Gasteiger partial charge in [0.05, 0.1) is 18.0 Å². The lowest BCUT2D eigenvalue weighted by Gasteiger charge is -2.25. The summed E-state index contributed by atoms with van der Waals surface area (Å²) in [7, 11) is 0. The molecule has 24 heavy (non-hydrogen) atoms. The van der Waals surface area contributed by atoms with Gasteiger partial charge in [0.25, 0.3) is 0 Å². The molecule has 130 valence electrons. The highest BCUT2D eigenvalue weighted by molar-refractivity contribution is 9.12. The Labute approximate surface area is 197 Å². The Morgan fingerprint density at radius 1 is 0.583 bits per heavy atom. The number of anilines is 2. The molecular weight excluding hydrogens is 723 g/mol. The van der Waals surface area contributed by atoms with Gasteiger partial charge in [0.2, 0.25) is 0 Å². The third-order valence-corrected chi connectivity index (χ3v) is 6.91. The van der Waals surface area contributed by atoms with E-state index in [4.69, 9.17) is 0 Å². The third-order valence-electron chi connectivity index (χ3n) is 3.58. The lowest BCUT2D eigenvalue weighted by Crippen LogP contribution is -2.26. The van der Waals surface area contributed by atoms with E-state index in [1.165, 1.54) is 11.4 Å². The molecule has 0 bridgehead atoms. The van der Waals surface area contributed by atoms with Crippen LogP contribution in [0, 0.1) is 0 Å². The minimum absolute atomic E-state index is 0. The molecule has 1 saturated heterocycles. The van der Waals surface area contributed by atoms with Crippen LogP contribution in [-0.4, -0.2) is 19.8 Å². The number of rotatable bonds is 2. The molecule has 0 atom stereocenters. The second kappa shape index (κ2) is 8.93. The van der Waals surface area contributed by atoms with E-state index in [1.54, 1.807) is 0 Å². The molecule has 0 amide bonds. The van der Waals surface area contributed by atoms with Crippen molar-refractivity contribution in [3.05, 3.63) is 51.1 Å². The Hall–Kier alpha value is 1.21. The largest absolute Gasteiger partial charge is 0.350 e. The van der Waals surface area contributed by atoms with Crippen molar-refractivity contribution in [2.75, 3.05) is 29.6 Å². The van der Waals surface area contributed by atoms with Crippen molar-refractivity contribution in [2.45, 2.75) is 0 Å². The summed E-state index contributed by atoms with van der Waals surface area (Å²) in [5, 5.41) is 0. The molecule has 9 heteroatoms. The third kappa shape index (κ3) is 4.54. The molecule has 1 heterocycles. The van der Waals surface area contributed by atoms with Gasteiger partial charge < -0.3 is 9.80 Å². The van der Waals surface area contributed by atoms with E-state index in [0.717, 1.165) is 46.6 Å². The molecule has 0 radical (unpaired) electrons. The summed E-state index contributed by atoms with van der Waals surface area (Å²) in [6, 6.07) is 8.31. The van der Waals surface area contributed by atoms with Crippen LogP contribution in [-0.2, 0) is 0 Å². The van der Waals surface area contributed by atoms with Crippen LogP contribution in [0.25, 0.3) is 0 Å². The predicted molar refractivity (Wildman–Crippen MR) is 126 cm³/mol. The molecule has 3 rings (SSSR count). The first-order chi connectivity index (χ1) is 10.9. The Balaban J connectivity index is 0.00000208. The molecule has 1 aliphatic heterocycles. The molecule has 0 aromatic heterocycles. The highest BCUT2D eigenvalue weighted by Gasteiger charge is 2.26. The molecule has 2 aromatic carbocycles. The zero-order chi connectivity index (χ0) is 16.7. The van der Waals surface area contributed by atoms with E-state index >= 15 is 0 Å². The molecule has 0 unspecified atom stereocenters. The summed E-state index contributed by atoms with van der Waals surface area (Å²) < 4.78 is 6.41. The van der Waals surface area contributed by atoms with Gasteiger partial charge in [0.1, 0.15) is 0 Å². The Kier molecular flexibility index (Phi) is 8.01.